The van der Waals surface area contributed by atoms with Crippen LogP contribution in [0, 0.1) is 5.41 Å². The summed E-state index contributed by atoms with van der Waals surface area (Å²) in [5, 5.41) is 6.97. The van der Waals surface area contributed by atoms with E-state index in [9.17, 15) is 0 Å². The van der Waals surface area contributed by atoms with Crippen LogP contribution in [0.4, 0.5) is 0 Å². The highest BCUT2D eigenvalue weighted by molar-refractivity contribution is 7.09. The molecule has 15 heavy (non-hydrogen) atoms. The van der Waals surface area contributed by atoms with E-state index in [2.05, 4.69) is 31.1 Å². The third kappa shape index (κ3) is 2.40. The number of rotatable bonds is 3. The molecule has 84 valence electrons. The Morgan fingerprint density at radius 3 is 2.93 bits per heavy atom. The van der Waals surface area contributed by atoms with Crippen molar-refractivity contribution in [3.63, 3.8) is 0 Å². The van der Waals surface area contributed by atoms with Crippen LogP contribution in [0.15, 0.2) is 11.6 Å². The molecular weight excluding hydrogens is 204 g/mol. The van der Waals surface area contributed by atoms with Crippen molar-refractivity contribution in [3.05, 3.63) is 16.6 Å². The zero-order chi connectivity index (χ0) is 10.9. The van der Waals surface area contributed by atoms with Crippen molar-refractivity contribution >= 4 is 11.3 Å². The second-order valence-electron chi connectivity index (χ2n) is 5.19. The van der Waals surface area contributed by atoms with Crippen LogP contribution >= 0.6 is 11.3 Å². The first kappa shape index (κ1) is 11.1. The van der Waals surface area contributed by atoms with Crippen molar-refractivity contribution in [2.75, 3.05) is 0 Å². The minimum absolute atomic E-state index is 0.396. The topological polar surface area (TPSA) is 24.9 Å². The maximum atomic E-state index is 4.36. The van der Waals surface area contributed by atoms with E-state index in [1.807, 2.05) is 11.6 Å². The van der Waals surface area contributed by atoms with Crippen LogP contribution in [0.5, 0.6) is 0 Å². The van der Waals surface area contributed by atoms with Crippen molar-refractivity contribution in [1.29, 1.82) is 0 Å². The number of nitrogens with one attached hydrogen (secondary N) is 1. The quantitative estimate of drug-likeness (QED) is 0.851. The van der Waals surface area contributed by atoms with Gasteiger partial charge in [-0.15, -0.1) is 11.3 Å². The van der Waals surface area contributed by atoms with Gasteiger partial charge >= 0.3 is 0 Å². The van der Waals surface area contributed by atoms with Crippen molar-refractivity contribution in [2.45, 2.75) is 52.1 Å². The highest BCUT2D eigenvalue weighted by Gasteiger charge is 2.35. The van der Waals surface area contributed by atoms with Crippen LogP contribution < -0.4 is 5.32 Å². The van der Waals surface area contributed by atoms with Gasteiger partial charge in [0.15, 0.2) is 0 Å². The molecule has 0 aliphatic heterocycles. The maximum Gasteiger partial charge on any atom is 0.109 e. The van der Waals surface area contributed by atoms with Crippen LogP contribution in [0.25, 0.3) is 0 Å². The molecule has 3 heteroatoms. The van der Waals surface area contributed by atoms with E-state index in [-0.39, 0.29) is 0 Å². The Bertz CT molecular complexity index is 305. The van der Waals surface area contributed by atoms with E-state index in [1.165, 1.54) is 24.3 Å². The van der Waals surface area contributed by atoms with E-state index in [0.717, 1.165) is 0 Å². The molecule has 1 aliphatic rings. The minimum atomic E-state index is 0.396. The van der Waals surface area contributed by atoms with E-state index in [0.29, 0.717) is 17.5 Å². The lowest BCUT2D eigenvalue weighted by molar-refractivity contribution is 0.266. The molecule has 2 unspecified atom stereocenters. The van der Waals surface area contributed by atoms with Gasteiger partial charge in [-0.05, 0) is 25.2 Å². The van der Waals surface area contributed by atoms with E-state index in [1.54, 1.807) is 11.3 Å². The molecule has 0 saturated heterocycles. The van der Waals surface area contributed by atoms with Gasteiger partial charge in [-0.2, -0.15) is 0 Å². The van der Waals surface area contributed by atoms with Gasteiger partial charge in [0.25, 0.3) is 0 Å². The zero-order valence-electron chi connectivity index (χ0n) is 9.79. The van der Waals surface area contributed by atoms with Crippen molar-refractivity contribution in [3.8, 4) is 0 Å². The predicted octanol–water partition coefficient (Wildman–Crippen LogP) is 3.37. The molecule has 1 aromatic rings. The summed E-state index contributed by atoms with van der Waals surface area (Å²) in [7, 11) is 0. The van der Waals surface area contributed by atoms with Gasteiger partial charge in [-0.1, -0.05) is 20.3 Å². The lowest BCUT2D eigenvalue weighted by Gasteiger charge is -2.30. The number of aromatic nitrogens is 1. The molecule has 1 fully saturated rings. The average molecular weight is 224 g/mol. The summed E-state index contributed by atoms with van der Waals surface area (Å²) in [4.78, 5) is 4.36. The SMILES string of the molecule is CC(NC1CCCC1(C)C)c1nccs1. The normalized spacial score (nSPS) is 26.7. The van der Waals surface area contributed by atoms with E-state index in [4.69, 9.17) is 0 Å². The Hall–Kier alpha value is -0.410. The second kappa shape index (κ2) is 4.22. The highest BCUT2D eigenvalue weighted by atomic mass is 32.1. The number of hydrogen-bond donors (Lipinski definition) is 1. The molecular formula is C12H20N2S. The van der Waals surface area contributed by atoms with Gasteiger partial charge in [0.2, 0.25) is 0 Å². The van der Waals surface area contributed by atoms with Crippen LogP contribution in [0.3, 0.4) is 0 Å². The molecule has 0 spiro atoms. The van der Waals surface area contributed by atoms with Crippen molar-refractivity contribution < 1.29 is 0 Å². The van der Waals surface area contributed by atoms with Crippen LogP contribution in [0.2, 0.25) is 0 Å². The summed E-state index contributed by atoms with van der Waals surface area (Å²) >= 11 is 1.74. The fourth-order valence-electron chi connectivity index (χ4n) is 2.46. The zero-order valence-corrected chi connectivity index (χ0v) is 10.6. The van der Waals surface area contributed by atoms with Gasteiger partial charge in [-0.3, -0.25) is 0 Å². The van der Waals surface area contributed by atoms with Gasteiger partial charge in [0.05, 0.1) is 6.04 Å². The molecule has 2 rings (SSSR count). The summed E-state index contributed by atoms with van der Waals surface area (Å²) in [5.41, 5.74) is 0.450. The first-order valence-corrected chi connectivity index (χ1v) is 6.63. The van der Waals surface area contributed by atoms with Crippen LogP contribution in [-0.2, 0) is 0 Å². The largest absolute Gasteiger partial charge is 0.305 e. The van der Waals surface area contributed by atoms with Crippen molar-refractivity contribution in [2.24, 2.45) is 5.41 Å². The fourth-order valence-corrected chi connectivity index (χ4v) is 3.11. The van der Waals surface area contributed by atoms with Gasteiger partial charge in [0.1, 0.15) is 5.01 Å². The van der Waals surface area contributed by atoms with Crippen LogP contribution in [0.1, 0.15) is 51.1 Å². The standard InChI is InChI=1S/C12H20N2S/c1-9(11-13-7-8-15-11)14-10-5-4-6-12(10,2)3/h7-10,14H,4-6H2,1-3H3. The fraction of sp³-hybridized carbons (Fsp3) is 0.750. The summed E-state index contributed by atoms with van der Waals surface area (Å²) in [6.07, 6.45) is 5.89. The molecule has 0 bridgehead atoms. The molecule has 0 amide bonds. The number of hydrogen-bond acceptors (Lipinski definition) is 3. The molecule has 0 aromatic carbocycles. The molecule has 1 N–H and O–H groups in total. The first-order valence-electron chi connectivity index (χ1n) is 5.75. The van der Waals surface area contributed by atoms with Gasteiger partial charge in [-0.25, -0.2) is 4.98 Å². The lowest BCUT2D eigenvalue weighted by atomic mass is 9.87. The van der Waals surface area contributed by atoms with Crippen LogP contribution in [-0.4, -0.2) is 11.0 Å². The molecule has 1 heterocycles. The smallest absolute Gasteiger partial charge is 0.109 e. The lowest BCUT2D eigenvalue weighted by Crippen LogP contribution is -2.39. The summed E-state index contributed by atoms with van der Waals surface area (Å²) in [5.74, 6) is 0. The molecule has 1 saturated carbocycles. The molecule has 1 aliphatic carbocycles. The monoisotopic (exact) mass is 224 g/mol. The summed E-state index contributed by atoms with van der Waals surface area (Å²) < 4.78 is 0. The Morgan fingerprint density at radius 2 is 2.40 bits per heavy atom. The molecule has 1 aromatic heterocycles. The van der Waals surface area contributed by atoms with Gasteiger partial charge in [0, 0.05) is 17.6 Å². The number of nitrogens with zero attached hydrogens (tertiary/aromatic N) is 1. The third-order valence-corrected chi connectivity index (χ3v) is 4.49. The highest BCUT2D eigenvalue weighted by Crippen LogP contribution is 2.38. The third-order valence-electron chi connectivity index (χ3n) is 3.53. The molecule has 2 atom stereocenters. The second-order valence-corrected chi connectivity index (χ2v) is 6.12. The average Bonchev–Trinajstić information content (AvgIpc) is 2.76. The maximum absolute atomic E-state index is 4.36. The first-order chi connectivity index (χ1) is 7.09. The molecule has 2 nitrogen and oxygen atoms in total. The van der Waals surface area contributed by atoms with E-state index < -0.39 is 0 Å². The summed E-state index contributed by atoms with van der Waals surface area (Å²) in [6, 6.07) is 1.05. The van der Waals surface area contributed by atoms with Crippen molar-refractivity contribution in [1.82, 2.24) is 10.3 Å². The Kier molecular flexibility index (Phi) is 3.12. The Morgan fingerprint density at radius 1 is 1.60 bits per heavy atom. The van der Waals surface area contributed by atoms with E-state index >= 15 is 0 Å². The minimum Gasteiger partial charge on any atom is -0.305 e. The number of thiazole rings is 1. The summed E-state index contributed by atoms with van der Waals surface area (Å²) in [6.45, 7) is 6.95. The van der Waals surface area contributed by atoms with Gasteiger partial charge < -0.3 is 5.32 Å². The predicted molar refractivity (Wildman–Crippen MR) is 65.1 cm³/mol. The molecule has 0 radical (unpaired) electrons. The Labute approximate surface area is 96.1 Å². The Balaban J connectivity index is 1.97.